The minimum absolute atomic E-state index is 0.0617. The second-order valence-corrected chi connectivity index (χ2v) is 7.02. The van der Waals surface area contributed by atoms with E-state index in [-0.39, 0.29) is 29.4 Å². The van der Waals surface area contributed by atoms with Gasteiger partial charge in [-0.1, -0.05) is 19.9 Å². The van der Waals surface area contributed by atoms with Gasteiger partial charge in [0.1, 0.15) is 0 Å². The maximum absolute atomic E-state index is 12.6. The maximum Gasteiger partial charge on any atom is 0.287 e. The molecule has 1 fully saturated rings. The van der Waals surface area contributed by atoms with Crippen molar-refractivity contribution in [2.45, 2.75) is 39.2 Å². The second kappa shape index (κ2) is 8.31. The number of nitrogens with one attached hydrogen (secondary N) is 2. The Morgan fingerprint density at radius 2 is 2.15 bits per heavy atom. The fourth-order valence-electron chi connectivity index (χ4n) is 3.01. The highest BCUT2D eigenvalue weighted by molar-refractivity contribution is 6.02. The van der Waals surface area contributed by atoms with E-state index in [1.807, 2.05) is 12.1 Å². The normalized spacial score (nSPS) is 17.0. The highest BCUT2D eigenvalue weighted by Crippen LogP contribution is 2.15. The molecule has 0 bridgehead atoms. The van der Waals surface area contributed by atoms with Gasteiger partial charge in [-0.25, -0.2) is 4.98 Å². The zero-order chi connectivity index (χ0) is 18.5. The third-order valence-electron chi connectivity index (χ3n) is 4.49. The van der Waals surface area contributed by atoms with Crippen molar-refractivity contribution < 1.29 is 14.3 Å². The smallest absolute Gasteiger partial charge is 0.287 e. The van der Waals surface area contributed by atoms with Gasteiger partial charge in [0.15, 0.2) is 5.69 Å². The molecule has 0 saturated carbocycles. The van der Waals surface area contributed by atoms with Crippen molar-refractivity contribution in [3.63, 3.8) is 0 Å². The van der Waals surface area contributed by atoms with Crippen LogP contribution >= 0.6 is 0 Å². The number of amides is 2. The number of hydrogen-bond acceptors (Lipinski definition) is 4. The average Bonchev–Trinajstić information content (AvgIpc) is 3.27. The van der Waals surface area contributed by atoms with Gasteiger partial charge in [0.25, 0.3) is 11.8 Å². The van der Waals surface area contributed by atoms with Crippen LogP contribution in [0, 0.1) is 5.92 Å². The van der Waals surface area contributed by atoms with Gasteiger partial charge in [0, 0.05) is 25.9 Å². The van der Waals surface area contributed by atoms with Gasteiger partial charge in [-0.05, 0) is 37.3 Å². The van der Waals surface area contributed by atoms with Crippen LogP contribution in [0.1, 0.15) is 54.2 Å². The predicted octanol–water partition coefficient (Wildman–Crippen LogP) is 2.02. The van der Waals surface area contributed by atoms with Crippen molar-refractivity contribution in [1.82, 2.24) is 20.0 Å². The van der Waals surface area contributed by atoms with Crippen LogP contribution in [0.5, 0.6) is 0 Å². The summed E-state index contributed by atoms with van der Waals surface area (Å²) in [5, 5.41) is 5.75. The largest absolute Gasteiger partial charge is 0.376 e. The van der Waals surface area contributed by atoms with Gasteiger partial charge in [-0.2, -0.15) is 0 Å². The van der Waals surface area contributed by atoms with Crippen LogP contribution in [0.3, 0.4) is 0 Å². The summed E-state index contributed by atoms with van der Waals surface area (Å²) in [4.78, 5) is 29.4. The molecule has 7 nitrogen and oxygen atoms in total. The van der Waals surface area contributed by atoms with Crippen LogP contribution in [0.4, 0.5) is 0 Å². The lowest BCUT2D eigenvalue weighted by Gasteiger charge is -2.09. The summed E-state index contributed by atoms with van der Waals surface area (Å²) in [6, 6.07) is 5.43. The number of rotatable bonds is 7. The molecule has 26 heavy (non-hydrogen) atoms. The number of imidazole rings is 1. The van der Waals surface area contributed by atoms with E-state index in [9.17, 15) is 9.59 Å². The Morgan fingerprint density at radius 3 is 2.88 bits per heavy atom. The van der Waals surface area contributed by atoms with Gasteiger partial charge in [0.05, 0.1) is 11.6 Å². The fourth-order valence-corrected chi connectivity index (χ4v) is 3.01. The molecule has 0 spiro atoms. The SMILES string of the molecule is CC(C)CCNC(=O)c1nc(C(=O)NCC2CCCO2)c2ccccn12. The highest BCUT2D eigenvalue weighted by Gasteiger charge is 2.23. The van der Waals surface area contributed by atoms with Crippen molar-refractivity contribution >= 4 is 17.3 Å². The third-order valence-corrected chi connectivity index (χ3v) is 4.49. The molecule has 0 aromatic carbocycles. The summed E-state index contributed by atoms with van der Waals surface area (Å²) < 4.78 is 7.19. The molecule has 1 atom stereocenters. The molecule has 3 heterocycles. The van der Waals surface area contributed by atoms with Crippen LogP contribution in [0.2, 0.25) is 0 Å². The van der Waals surface area contributed by atoms with Crippen molar-refractivity contribution in [2.75, 3.05) is 19.7 Å². The van der Waals surface area contributed by atoms with E-state index in [1.54, 1.807) is 16.7 Å². The zero-order valence-corrected chi connectivity index (χ0v) is 15.3. The second-order valence-electron chi connectivity index (χ2n) is 7.02. The zero-order valence-electron chi connectivity index (χ0n) is 15.3. The van der Waals surface area contributed by atoms with Gasteiger partial charge >= 0.3 is 0 Å². The molecule has 140 valence electrons. The van der Waals surface area contributed by atoms with Gasteiger partial charge in [-0.3, -0.25) is 14.0 Å². The van der Waals surface area contributed by atoms with Crippen LogP contribution in [-0.4, -0.2) is 47.0 Å². The topological polar surface area (TPSA) is 84.7 Å². The minimum Gasteiger partial charge on any atom is -0.376 e. The van der Waals surface area contributed by atoms with Gasteiger partial charge in [-0.15, -0.1) is 0 Å². The lowest BCUT2D eigenvalue weighted by molar-refractivity contribution is 0.0855. The van der Waals surface area contributed by atoms with E-state index in [1.165, 1.54) is 0 Å². The first-order valence-electron chi connectivity index (χ1n) is 9.21. The molecule has 3 rings (SSSR count). The Labute approximate surface area is 153 Å². The van der Waals surface area contributed by atoms with Gasteiger partial charge < -0.3 is 15.4 Å². The summed E-state index contributed by atoms with van der Waals surface area (Å²) in [7, 11) is 0. The summed E-state index contributed by atoms with van der Waals surface area (Å²) in [5.74, 6) is 0.175. The monoisotopic (exact) mass is 358 g/mol. The molecule has 0 aliphatic carbocycles. The molecule has 2 N–H and O–H groups in total. The number of pyridine rings is 1. The van der Waals surface area contributed by atoms with Crippen LogP contribution in [0.15, 0.2) is 24.4 Å². The van der Waals surface area contributed by atoms with Crippen molar-refractivity contribution in [2.24, 2.45) is 5.92 Å². The molecule has 1 unspecified atom stereocenters. The van der Waals surface area contributed by atoms with E-state index in [0.29, 0.717) is 24.5 Å². The number of carbonyl (C=O) groups is 2. The fraction of sp³-hybridized carbons (Fsp3) is 0.526. The minimum atomic E-state index is -0.287. The Hall–Kier alpha value is -2.41. The van der Waals surface area contributed by atoms with Crippen LogP contribution in [-0.2, 0) is 4.74 Å². The van der Waals surface area contributed by atoms with E-state index < -0.39 is 0 Å². The molecule has 7 heteroatoms. The molecule has 1 saturated heterocycles. The first-order valence-corrected chi connectivity index (χ1v) is 9.21. The number of nitrogens with zero attached hydrogens (tertiary/aromatic N) is 2. The first-order chi connectivity index (χ1) is 12.6. The molecule has 1 aliphatic rings. The van der Waals surface area contributed by atoms with E-state index in [4.69, 9.17) is 4.74 Å². The van der Waals surface area contributed by atoms with Crippen molar-refractivity contribution in [3.05, 3.63) is 35.9 Å². The van der Waals surface area contributed by atoms with Crippen LogP contribution in [0.25, 0.3) is 5.52 Å². The molecular formula is C19H26N4O3. The maximum atomic E-state index is 12.6. The lowest BCUT2D eigenvalue weighted by atomic mass is 10.1. The predicted molar refractivity (Wildman–Crippen MR) is 98.3 cm³/mol. The number of hydrogen-bond donors (Lipinski definition) is 2. The Bertz CT molecular complexity index is 778. The molecule has 2 aromatic heterocycles. The van der Waals surface area contributed by atoms with Crippen LogP contribution < -0.4 is 10.6 Å². The standard InChI is InChI=1S/C19H26N4O3/c1-13(2)8-9-20-19(25)17-22-16(15-7-3-4-10-23(15)17)18(24)21-12-14-6-5-11-26-14/h3-4,7,10,13-14H,5-6,8-9,11-12H2,1-2H3,(H,20,25)(H,21,24). The molecular weight excluding hydrogens is 332 g/mol. The summed E-state index contributed by atoms with van der Waals surface area (Å²) >= 11 is 0. The van der Waals surface area contributed by atoms with Gasteiger partial charge in [0.2, 0.25) is 5.82 Å². The molecule has 0 radical (unpaired) electrons. The lowest BCUT2D eigenvalue weighted by Crippen LogP contribution is -2.32. The Balaban J connectivity index is 1.75. The Kier molecular flexibility index (Phi) is 5.88. The number of fused-ring (bicyclic) bond motifs is 1. The first kappa shape index (κ1) is 18.4. The number of ether oxygens (including phenoxy) is 1. The van der Waals surface area contributed by atoms with Crippen molar-refractivity contribution in [1.29, 1.82) is 0 Å². The van der Waals surface area contributed by atoms with E-state index in [2.05, 4.69) is 29.5 Å². The van der Waals surface area contributed by atoms with E-state index >= 15 is 0 Å². The number of carbonyl (C=O) groups excluding carboxylic acids is 2. The molecule has 1 aliphatic heterocycles. The summed E-state index contributed by atoms with van der Waals surface area (Å²) in [6.07, 6.45) is 4.68. The highest BCUT2D eigenvalue weighted by atomic mass is 16.5. The quantitative estimate of drug-likeness (QED) is 0.793. The van der Waals surface area contributed by atoms with E-state index in [0.717, 1.165) is 25.9 Å². The average molecular weight is 358 g/mol. The Morgan fingerprint density at radius 1 is 1.31 bits per heavy atom. The van der Waals surface area contributed by atoms with Crippen molar-refractivity contribution in [3.8, 4) is 0 Å². The summed E-state index contributed by atoms with van der Waals surface area (Å²) in [6.45, 7) is 6.00. The molecule has 2 aromatic rings. The molecule has 2 amide bonds. The third kappa shape index (κ3) is 4.22. The summed E-state index contributed by atoms with van der Waals surface area (Å²) in [5.41, 5.74) is 0.879. The number of aromatic nitrogens is 2.